The van der Waals surface area contributed by atoms with Crippen molar-refractivity contribution >= 4 is 5.97 Å². The Balaban J connectivity index is 2.66. The number of carbonyl (C=O) groups is 1. The molecule has 1 heterocycles. The van der Waals surface area contributed by atoms with Gasteiger partial charge in [-0.15, -0.1) is 0 Å². The molecule has 0 aliphatic heterocycles. The second-order valence-corrected chi connectivity index (χ2v) is 4.03. The molecule has 90 valence electrons. The predicted octanol–water partition coefficient (Wildman–Crippen LogP) is 0.898. The highest BCUT2D eigenvalue weighted by molar-refractivity contribution is 5.78. The highest BCUT2D eigenvalue weighted by Crippen LogP contribution is 2.12. The van der Waals surface area contributed by atoms with E-state index in [1.165, 1.54) is 0 Å². The first-order valence-corrected chi connectivity index (χ1v) is 5.46. The molecule has 1 aromatic heterocycles. The van der Waals surface area contributed by atoms with E-state index in [0.717, 1.165) is 12.2 Å². The number of hydrogen-bond acceptors (Lipinski definition) is 3. The third kappa shape index (κ3) is 2.61. The molecule has 1 atom stereocenters. The van der Waals surface area contributed by atoms with Crippen molar-refractivity contribution in [3.8, 4) is 0 Å². The number of nitrogens with zero attached hydrogens (tertiary/aromatic N) is 2. The Labute approximate surface area is 95.5 Å². The first-order valence-electron chi connectivity index (χ1n) is 5.46. The number of hydrogen-bond donors (Lipinski definition) is 2. The molecule has 0 aromatic carbocycles. The quantitative estimate of drug-likeness (QED) is 0.754. The highest BCUT2D eigenvalue weighted by Gasteiger charge is 2.30. The first kappa shape index (κ1) is 12.7. The minimum Gasteiger partial charge on any atom is -0.480 e. The number of carboxylic acid groups (broad SMARTS) is 1. The van der Waals surface area contributed by atoms with Gasteiger partial charge in [-0.1, -0.05) is 6.92 Å². The lowest BCUT2D eigenvalue weighted by Gasteiger charge is -2.24. The van der Waals surface area contributed by atoms with Crippen LogP contribution in [-0.2, 0) is 17.8 Å². The van der Waals surface area contributed by atoms with Gasteiger partial charge in [0.05, 0.1) is 0 Å². The van der Waals surface area contributed by atoms with Crippen molar-refractivity contribution in [2.75, 3.05) is 7.05 Å². The van der Waals surface area contributed by atoms with Gasteiger partial charge in [0.15, 0.2) is 0 Å². The number of rotatable bonds is 6. The Kier molecular flexibility index (Phi) is 4.06. The molecule has 5 heteroatoms. The lowest BCUT2D eigenvalue weighted by Crippen LogP contribution is -2.48. The van der Waals surface area contributed by atoms with Crippen molar-refractivity contribution in [1.82, 2.24) is 14.9 Å². The summed E-state index contributed by atoms with van der Waals surface area (Å²) in [5.41, 5.74) is -0.880. The Bertz CT molecular complexity index is 362. The minimum atomic E-state index is -0.880. The predicted molar refractivity (Wildman–Crippen MR) is 61.3 cm³/mol. The fraction of sp³-hybridized carbons (Fsp3) is 0.636. The molecule has 0 amide bonds. The number of likely N-dealkylation sites (N-methyl/N-ethyl adjacent to an activating group) is 1. The van der Waals surface area contributed by atoms with Crippen LogP contribution < -0.4 is 5.32 Å². The van der Waals surface area contributed by atoms with E-state index in [1.807, 2.05) is 17.7 Å². The highest BCUT2D eigenvalue weighted by atomic mass is 16.4. The largest absolute Gasteiger partial charge is 0.480 e. The van der Waals surface area contributed by atoms with Crippen molar-refractivity contribution in [3.63, 3.8) is 0 Å². The molecule has 1 rings (SSSR count). The van der Waals surface area contributed by atoms with Gasteiger partial charge in [-0.25, -0.2) is 4.98 Å². The lowest BCUT2D eigenvalue weighted by atomic mass is 9.98. The molecular weight excluding hydrogens is 206 g/mol. The number of imidazole rings is 1. The molecular formula is C11H19N3O2. The van der Waals surface area contributed by atoms with E-state index in [9.17, 15) is 4.79 Å². The molecule has 5 nitrogen and oxygen atoms in total. The van der Waals surface area contributed by atoms with E-state index in [1.54, 1.807) is 20.2 Å². The smallest absolute Gasteiger partial charge is 0.323 e. The molecule has 0 aliphatic rings. The van der Waals surface area contributed by atoms with E-state index in [0.29, 0.717) is 13.0 Å². The van der Waals surface area contributed by atoms with Gasteiger partial charge in [-0.2, -0.15) is 0 Å². The van der Waals surface area contributed by atoms with Crippen molar-refractivity contribution in [2.24, 2.45) is 0 Å². The Hall–Kier alpha value is -1.36. The van der Waals surface area contributed by atoms with Crippen molar-refractivity contribution < 1.29 is 9.90 Å². The Morgan fingerprint density at radius 3 is 2.88 bits per heavy atom. The van der Waals surface area contributed by atoms with E-state index in [2.05, 4.69) is 10.3 Å². The molecule has 16 heavy (non-hydrogen) atoms. The Morgan fingerprint density at radius 1 is 1.69 bits per heavy atom. The van der Waals surface area contributed by atoms with Gasteiger partial charge in [-0.05, 0) is 20.4 Å². The summed E-state index contributed by atoms with van der Waals surface area (Å²) in [7, 11) is 1.67. The van der Waals surface area contributed by atoms with Crippen molar-refractivity contribution in [2.45, 2.75) is 38.8 Å². The van der Waals surface area contributed by atoms with Crippen LogP contribution in [0.5, 0.6) is 0 Å². The lowest BCUT2D eigenvalue weighted by molar-refractivity contribution is -0.144. The van der Waals surface area contributed by atoms with Gasteiger partial charge >= 0.3 is 5.97 Å². The molecule has 0 saturated carbocycles. The SMILES string of the molecule is CCc1nccn1CCC(C)(NC)C(=O)O. The average Bonchev–Trinajstić information content (AvgIpc) is 2.72. The zero-order chi connectivity index (χ0) is 12.2. The summed E-state index contributed by atoms with van der Waals surface area (Å²) < 4.78 is 2.00. The third-order valence-electron chi connectivity index (χ3n) is 2.99. The summed E-state index contributed by atoms with van der Waals surface area (Å²) in [5, 5.41) is 11.9. The topological polar surface area (TPSA) is 67.2 Å². The van der Waals surface area contributed by atoms with Crippen LogP contribution in [0.2, 0.25) is 0 Å². The summed E-state index contributed by atoms with van der Waals surface area (Å²) in [5.74, 6) is 0.164. The first-order chi connectivity index (χ1) is 7.53. The molecule has 2 N–H and O–H groups in total. The summed E-state index contributed by atoms with van der Waals surface area (Å²) in [6.45, 7) is 4.39. The zero-order valence-electron chi connectivity index (χ0n) is 10.0. The number of nitrogens with one attached hydrogen (secondary N) is 1. The molecule has 0 spiro atoms. The van der Waals surface area contributed by atoms with Crippen LogP contribution in [0, 0.1) is 0 Å². The van der Waals surface area contributed by atoms with Crippen molar-refractivity contribution in [1.29, 1.82) is 0 Å². The van der Waals surface area contributed by atoms with Crippen LogP contribution in [0.4, 0.5) is 0 Å². The Morgan fingerprint density at radius 2 is 2.38 bits per heavy atom. The molecule has 0 bridgehead atoms. The second-order valence-electron chi connectivity index (χ2n) is 4.03. The van der Waals surface area contributed by atoms with E-state index >= 15 is 0 Å². The molecule has 0 aliphatic carbocycles. The summed E-state index contributed by atoms with van der Waals surface area (Å²) >= 11 is 0. The maximum Gasteiger partial charge on any atom is 0.323 e. The fourth-order valence-electron chi connectivity index (χ4n) is 1.54. The standard InChI is InChI=1S/C11H19N3O2/c1-4-9-13-6-8-14(9)7-5-11(2,12-3)10(15)16/h6,8,12H,4-5,7H2,1-3H3,(H,15,16). The van der Waals surface area contributed by atoms with Crippen LogP contribution in [0.3, 0.4) is 0 Å². The normalized spacial score (nSPS) is 14.7. The van der Waals surface area contributed by atoms with E-state index in [-0.39, 0.29) is 0 Å². The average molecular weight is 225 g/mol. The zero-order valence-corrected chi connectivity index (χ0v) is 10.0. The van der Waals surface area contributed by atoms with Crippen LogP contribution >= 0.6 is 0 Å². The van der Waals surface area contributed by atoms with Gasteiger partial charge in [0.25, 0.3) is 0 Å². The summed E-state index contributed by atoms with van der Waals surface area (Å²) in [4.78, 5) is 15.3. The van der Waals surface area contributed by atoms with Crippen LogP contribution in [-0.4, -0.2) is 33.2 Å². The number of aromatic nitrogens is 2. The van der Waals surface area contributed by atoms with Gasteiger partial charge in [-0.3, -0.25) is 4.79 Å². The maximum atomic E-state index is 11.1. The minimum absolute atomic E-state index is 0.530. The van der Waals surface area contributed by atoms with Crippen LogP contribution in [0.1, 0.15) is 26.1 Å². The number of aryl methyl sites for hydroxylation is 2. The van der Waals surface area contributed by atoms with Crippen molar-refractivity contribution in [3.05, 3.63) is 18.2 Å². The van der Waals surface area contributed by atoms with Crippen LogP contribution in [0.25, 0.3) is 0 Å². The van der Waals surface area contributed by atoms with Crippen LogP contribution in [0.15, 0.2) is 12.4 Å². The van der Waals surface area contributed by atoms with Gasteiger partial charge in [0.2, 0.25) is 0 Å². The molecule has 1 unspecified atom stereocenters. The molecule has 0 saturated heterocycles. The second kappa shape index (κ2) is 5.12. The van der Waals surface area contributed by atoms with Gasteiger partial charge in [0.1, 0.15) is 11.4 Å². The van der Waals surface area contributed by atoms with Gasteiger partial charge in [0, 0.05) is 25.4 Å². The van der Waals surface area contributed by atoms with E-state index < -0.39 is 11.5 Å². The van der Waals surface area contributed by atoms with Gasteiger partial charge < -0.3 is 15.0 Å². The summed E-state index contributed by atoms with van der Waals surface area (Å²) in [6.07, 6.45) is 5.02. The number of carboxylic acids is 1. The monoisotopic (exact) mass is 225 g/mol. The van der Waals surface area contributed by atoms with E-state index in [4.69, 9.17) is 5.11 Å². The molecule has 1 aromatic rings. The summed E-state index contributed by atoms with van der Waals surface area (Å²) in [6, 6.07) is 0. The maximum absolute atomic E-state index is 11.1. The number of aliphatic carboxylic acids is 1. The molecule has 0 radical (unpaired) electrons. The third-order valence-corrected chi connectivity index (χ3v) is 2.99. The fourth-order valence-corrected chi connectivity index (χ4v) is 1.54. The molecule has 0 fully saturated rings.